The van der Waals surface area contributed by atoms with Gasteiger partial charge in [-0.15, -0.1) is 11.3 Å². The van der Waals surface area contributed by atoms with E-state index >= 15 is 0 Å². The van der Waals surface area contributed by atoms with Crippen molar-refractivity contribution in [3.05, 3.63) is 11.2 Å². The van der Waals surface area contributed by atoms with Gasteiger partial charge in [0.15, 0.2) is 5.82 Å². The van der Waals surface area contributed by atoms with Gasteiger partial charge in [0.1, 0.15) is 5.69 Å². The standard InChI is InChI=1S/C8H8N4S2/c9-7-6(11-14-12-7)5-3-10-8(13-5)4-1-2-4/h3-4H,1-2H2,(H2,9,12). The van der Waals surface area contributed by atoms with Crippen molar-refractivity contribution in [2.24, 2.45) is 0 Å². The third kappa shape index (κ3) is 1.31. The molecule has 2 N–H and O–H groups in total. The number of aromatic nitrogens is 3. The Hall–Kier alpha value is -1.01. The van der Waals surface area contributed by atoms with Crippen LogP contribution in [0.3, 0.4) is 0 Å². The van der Waals surface area contributed by atoms with Crippen LogP contribution in [0.5, 0.6) is 0 Å². The Morgan fingerprint density at radius 1 is 1.36 bits per heavy atom. The molecule has 0 radical (unpaired) electrons. The number of rotatable bonds is 2. The molecule has 1 fully saturated rings. The molecule has 14 heavy (non-hydrogen) atoms. The number of hydrogen-bond acceptors (Lipinski definition) is 6. The van der Waals surface area contributed by atoms with Crippen molar-refractivity contribution in [1.29, 1.82) is 0 Å². The van der Waals surface area contributed by atoms with Crippen molar-refractivity contribution in [3.63, 3.8) is 0 Å². The van der Waals surface area contributed by atoms with Gasteiger partial charge >= 0.3 is 0 Å². The van der Waals surface area contributed by atoms with Gasteiger partial charge in [-0.2, -0.15) is 8.75 Å². The SMILES string of the molecule is Nc1nsnc1-c1cnc(C2CC2)s1. The van der Waals surface area contributed by atoms with E-state index in [2.05, 4.69) is 13.7 Å². The number of nitrogens with zero attached hydrogens (tertiary/aromatic N) is 3. The van der Waals surface area contributed by atoms with Crippen molar-refractivity contribution in [2.45, 2.75) is 18.8 Å². The summed E-state index contributed by atoms with van der Waals surface area (Å²) < 4.78 is 8.11. The third-order valence-electron chi connectivity index (χ3n) is 2.20. The summed E-state index contributed by atoms with van der Waals surface area (Å²) in [6, 6.07) is 0. The number of nitrogen functional groups attached to an aromatic ring is 1. The average Bonchev–Trinajstić information content (AvgIpc) is 2.75. The first-order chi connectivity index (χ1) is 6.84. The largest absolute Gasteiger partial charge is 0.381 e. The summed E-state index contributed by atoms with van der Waals surface area (Å²) in [6.45, 7) is 0. The van der Waals surface area contributed by atoms with Crippen LogP contribution in [0, 0.1) is 0 Å². The van der Waals surface area contributed by atoms with E-state index in [0.29, 0.717) is 11.7 Å². The summed E-state index contributed by atoms with van der Waals surface area (Å²) in [7, 11) is 0. The Morgan fingerprint density at radius 3 is 2.86 bits per heavy atom. The molecule has 0 spiro atoms. The highest BCUT2D eigenvalue weighted by Gasteiger charge is 2.27. The van der Waals surface area contributed by atoms with E-state index in [1.807, 2.05) is 6.20 Å². The summed E-state index contributed by atoms with van der Waals surface area (Å²) in [6.07, 6.45) is 4.40. The van der Waals surface area contributed by atoms with E-state index in [-0.39, 0.29) is 0 Å². The maximum atomic E-state index is 5.69. The second-order valence-electron chi connectivity index (χ2n) is 3.34. The van der Waals surface area contributed by atoms with Crippen molar-refractivity contribution in [1.82, 2.24) is 13.7 Å². The normalized spacial score (nSPS) is 16.0. The molecule has 0 aliphatic heterocycles. The Morgan fingerprint density at radius 2 is 2.21 bits per heavy atom. The van der Waals surface area contributed by atoms with Crippen LogP contribution in [0.4, 0.5) is 5.82 Å². The lowest BCUT2D eigenvalue weighted by molar-refractivity contribution is 1.08. The van der Waals surface area contributed by atoms with E-state index < -0.39 is 0 Å². The predicted molar refractivity (Wildman–Crippen MR) is 57.4 cm³/mol. The molecule has 0 atom stereocenters. The highest BCUT2D eigenvalue weighted by molar-refractivity contribution is 7.15. The first-order valence-corrected chi connectivity index (χ1v) is 5.93. The fraction of sp³-hybridized carbons (Fsp3) is 0.375. The molecule has 72 valence electrons. The van der Waals surface area contributed by atoms with Gasteiger partial charge in [0.25, 0.3) is 0 Å². The predicted octanol–water partition coefficient (Wildman–Crippen LogP) is 2.12. The molecule has 1 aliphatic rings. The zero-order valence-electron chi connectivity index (χ0n) is 7.30. The summed E-state index contributed by atoms with van der Waals surface area (Å²) in [4.78, 5) is 5.42. The minimum Gasteiger partial charge on any atom is -0.381 e. The molecule has 6 heteroatoms. The highest BCUT2D eigenvalue weighted by Crippen LogP contribution is 2.43. The first-order valence-electron chi connectivity index (χ1n) is 4.38. The van der Waals surface area contributed by atoms with Gasteiger partial charge in [0.2, 0.25) is 0 Å². The van der Waals surface area contributed by atoms with Crippen molar-refractivity contribution in [3.8, 4) is 10.6 Å². The molecule has 2 aromatic rings. The van der Waals surface area contributed by atoms with E-state index in [9.17, 15) is 0 Å². The van der Waals surface area contributed by atoms with Gasteiger partial charge in [-0.25, -0.2) is 4.98 Å². The van der Waals surface area contributed by atoms with Crippen LogP contribution in [-0.2, 0) is 0 Å². The fourth-order valence-electron chi connectivity index (χ4n) is 1.28. The van der Waals surface area contributed by atoms with Gasteiger partial charge in [-0.1, -0.05) is 0 Å². The topological polar surface area (TPSA) is 64.7 Å². The lowest BCUT2D eigenvalue weighted by Gasteiger charge is -1.88. The van der Waals surface area contributed by atoms with E-state index in [1.165, 1.54) is 17.8 Å². The Bertz CT molecular complexity index is 457. The van der Waals surface area contributed by atoms with Crippen LogP contribution in [0.1, 0.15) is 23.8 Å². The first kappa shape index (κ1) is 8.31. The molecule has 0 unspecified atom stereocenters. The Labute approximate surface area is 89.1 Å². The maximum absolute atomic E-state index is 5.69. The Balaban J connectivity index is 1.99. The minimum absolute atomic E-state index is 0.515. The lowest BCUT2D eigenvalue weighted by atomic mass is 10.4. The molecule has 2 heterocycles. The zero-order valence-corrected chi connectivity index (χ0v) is 8.94. The second-order valence-corrected chi connectivity index (χ2v) is 4.93. The Kier molecular flexibility index (Phi) is 1.78. The molecular formula is C8H8N4S2. The summed E-state index contributed by atoms with van der Waals surface area (Å²) in [5.41, 5.74) is 6.48. The molecule has 0 saturated heterocycles. The highest BCUT2D eigenvalue weighted by atomic mass is 32.1. The van der Waals surface area contributed by atoms with Crippen molar-refractivity contribution >= 4 is 28.9 Å². The molecule has 0 amide bonds. The molecular weight excluding hydrogens is 216 g/mol. The molecule has 0 bridgehead atoms. The molecule has 1 saturated carbocycles. The van der Waals surface area contributed by atoms with Crippen LogP contribution >= 0.6 is 23.1 Å². The quantitative estimate of drug-likeness (QED) is 0.848. The number of anilines is 1. The summed E-state index contributed by atoms with van der Waals surface area (Å²) in [5.74, 6) is 1.21. The number of nitrogens with two attached hydrogens (primary N) is 1. The lowest BCUT2D eigenvalue weighted by Crippen LogP contribution is -1.85. The van der Waals surface area contributed by atoms with Crippen LogP contribution in [-0.4, -0.2) is 13.7 Å². The smallest absolute Gasteiger partial charge is 0.166 e. The summed E-state index contributed by atoms with van der Waals surface area (Å²) in [5, 5.41) is 1.22. The van der Waals surface area contributed by atoms with Crippen molar-refractivity contribution in [2.75, 3.05) is 5.73 Å². The van der Waals surface area contributed by atoms with E-state index in [0.717, 1.165) is 22.3 Å². The molecule has 3 rings (SSSR count). The minimum atomic E-state index is 0.515. The van der Waals surface area contributed by atoms with E-state index in [1.54, 1.807) is 11.3 Å². The second kappa shape index (κ2) is 2.99. The molecule has 4 nitrogen and oxygen atoms in total. The van der Waals surface area contributed by atoms with Gasteiger partial charge < -0.3 is 5.73 Å². The van der Waals surface area contributed by atoms with Gasteiger partial charge in [0.05, 0.1) is 21.6 Å². The van der Waals surface area contributed by atoms with E-state index in [4.69, 9.17) is 5.73 Å². The van der Waals surface area contributed by atoms with Gasteiger partial charge in [-0.05, 0) is 12.8 Å². The van der Waals surface area contributed by atoms with Gasteiger partial charge in [0, 0.05) is 12.1 Å². The molecule has 0 aromatic carbocycles. The molecule has 2 aromatic heterocycles. The van der Waals surface area contributed by atoms with Crippen LogP contribution in [0.25, 0.3) is 10.6 Å². The van der Waals surface area contributed by atoms with Crippen LogP contribution < -0.4 is 5.73 Å². The van der Waals surface area contributed by atoms with Gasteiger partial charge in [-0.3, -0.25) is 0 Å². The summed E-state index contributed by atoms with van der Waals surface area (Å²) >= 11 is 2.84. The van der Waals surface area contributed by atoms with Crippen molar-refractivity contribution < 1.29 is 0 Å². The number of thiazole rings is 1. The zero-order chi connectivity index (χ0) is 9.54. The van der Waals surface area contributed by atoms with Crippen LogP contribution in [0.15, 0.2) is 6.20 Å². The fourth-order valence-corrected chi connectivity index (χ4v) is 2.91. The monoisotopic (exact) mass is 224 g/mol. The number of hydrogen-bond donors (Lipinski definition) is 1. The maximum Gasteiger partial charge on any atom is 0.166 e. The molecule has 1 aliphatic carbocycles. The average molecular weight is 224 g/mol. The van der Waals surface area contributed by atoms with Crippen LogP contribution in [0.2, 0.25) is 0 Å². The third-order valence-corrected chi connectivity index (χ3v) is 3.91.